The van der Waals surface area contributed by atoms with Crippen molar-refractivity contribution in [2.24, 2.45) is 0 Å². The number of hydrogen-bond acceptors (Lipinski definition) is 3. The maximum absolute atomic E-state index is 11.3. The van der Waals surface area contributed by atoms with Crippen LogP contribution in [-0.4, -0.2) is 34.9 Å². The predicted octanol–water partition coefficient (Wildman–Crippen LogP) is 2.54. The van der Waals surface area contributed by atoms with Crippen LogP contribution in [0.5, 0.6) is 0 Å². The molecular formula is C15H21N3O. The van der Waals surface area contributed by atoms with E-state index in [9.17, 15) is 4.79 Å². The zero-order valence-electron chi connectivity index (χ0n) is 11.6. The third-order valence-electron chi connectivity index (χ3n) is 3.51. The van der Waals surface area contributed by atoms with Gasteiger partial charge in [0.25, 0.3) is 0 Å². The lowest BCUT2D eigenvalue weighted by Gasteiger charge is -2.32. The molecule has 0 saturated carbocycles. The second kappa shape index (κ2) is 5.87. The Kier molecular flexibility index (Phi) is 4.20. The van der Waals surface area contributed by atoms with Crippen LogP contribution in [0.3, 0.4) is 0 Å². The minimum Gasteiger partial charge on any atom is -0.380 e. The molecular weight excluding hydrogens is 238 g/mol. The summed E-state index contributed by atoms with van der Waals surface area (Å²) in [6.07, 6.45) is 3.74. The molecule has 0 radical (unpaired) electrons. The number of anilines is 1. The van der Waals surface area contributed by atoms with Crippen molar-refractivity contribution in [3.05, 3.63) is 30.6 Å². The van der Waals surface area contributed by atoms with E-state index in [0.717, 1.165) is 42.9 Å². The molecule has 2 rings (SSSR count). The van der Waals surface area contributed by atoms with Crippen LogP contribution in [0, 0.1) is 0 Å². The van der Waals surface area contributed by atoms with Gasteiger partial charge in [0.2, 0.25) is 5.91 Å². The van der Waals surface area contributed by atoms with E-state index < -0.39 is 0 Å². The lowest BCUT2D eigenvalue weighted by molar-refractivity contribution is -0.129. The van der Waals surface area contributed by atoms with Gasteiger partial charge >= 0.3 is 0 Å². The van der Waals surface area contributed by atoms with Gasteiger partial charge in [-0.15, -0.1) is 0 Å². The van der Waals surface area contributed by atoms with Gasteiger partial charge in [0.05, 0.1) is 11.4 Å². The summed E-state index contributed by atoms with van der Waals surface area (Å²) in [6.45, 7) is 9.21. The maximum Gasteiger partial charge on any atom is 0.219 e. The summed E-state index contributed by atoms with van der Waals surface area (Å²) in [5.41, 5.74) is 2.93. The van der Waals surface area contributed by atoms with Crippen LogP contribution in [0.15, 0.2) is 24.9 Å². The molecule has 0 spiro atoms. The lowest BCUT2D eigenvalue weighted by atomic mass is 10.0. The van der Waals surface area contributed by atoms with Gasteiger partial charge < -0.3 is 10.2 Å². The van der Waals surface area contributed by atoms with E-state index in [-0.39, 0.29) is 5.91 Å². The number of piperidine rings is 1. The summed E-state index contributed by atoms with van der Waals surface area (Å²) >= 11 is 0. The molecule has 1 saturated heterocycles. The largest absolute Gasteiger partial charge is 0.380 e. The SMILES string of the molecule is C=C(C)c1ncccc1NC1CCN(C(C)=O)CC1. The van der Waals surface area contributed by atoms with Gasteiger partial charge in [0, 0.05) is 32.3 Å². The van der Waals surface area contributed by atoms with Crippen LogP contribution in [0.1, 0.15) is 32.4 Å². The molecule has 1 aliphatic heterocycles. The molecule has 1 fully saturated rings. The molecule has 1 aliphatic rings. The van der Waals surface area contributed by atoms with Gasteiger partial charge in [-0.1, -0.05) is 6.58 Å². The maximum atomic E-state index is 11.3. The highest BCUT2D eigenvalue weighted by Crippen LogP contribution is 2.22. The molecule has 0 aliphatic carbocycles. The van der Waals surface area contributed by atoms with Gasteiger partial charge in [-0.25, -0.2) is 0 Å². The average Bonchev–Trinajstić information content (AvgIpc) is 2.39. The molecule has 102 valence electrons. The van der Waals surface area contributed by atoms with Crippen molar-refractivity contribution in [3.8, 4) is 0 Å². The highest BCUT2D eigenvalue weighted by molar-refractivity contribution is 5.73. The van der Waals surface area contributed by atoms with Crippen LogP contribution >= 0.6 is 0 Å². The van der Waals surface area contributed by atoms with Crippen LogP contribution in [0.25, 0.3) is 5.57 Å². The molecule has 4 heteroatoms. The standard InChI is InChI=1S/C15H21N3O/c1-11(2)15-14(5-4-8-16-15)17-13-6-9-18(10-7-13)12(3)19/h4-5,8,13,17H,1,6-7,9-10H2,2-3H3. The quantitative estimate of drug-likeness (QED) is 0.907. The van der Waals surface area contributed by atoms with Crippen molar-refractivity contribution in [1.82, 2.24) is 9.88 Å². The molecule has 1 aromatic heterocycles. The summed E-state index contributed by atoms with van der Waals surface area (Å²) in [5.74, 6) is 0.169. The Morgan fingerprint density at radius 2 is 2.11 bits per heavy atom. The summed E-state index contributed by atoms with van der Waals surface area (Å²) < 4.78 is 0. The van der Waals surface area contributed by atoms with E-state index in [4.69, 9.17) is 0 Å². The van der Waals surface area contributed by atoms with E-state index in [2.05, 4.69) is 16.9 Å². The summed E-state index contributed by atoms with van der Waals surface area (Å²) in [4.78, 5) is 17.6. The van der Waals surface area contributed by atoms with E-state index >= 15 is 0 Å². The van der Waals surface area contributed by atoms with Crippen molar-refractivity contribution >= 4 is 17.2 Å². The molecule has 1 aromatic rings. The summed E-state index contributed by atoms with van der Waals surface area (Å²) in [6, 6.07) is 4.37. The van der Waals surface area contributed by atoms with Gasteiger partial charge in [-0.05, 0) is 37.5 Å². The minimum atomic E-state index is 0.169. The fourth-order valence-corrected chi connectivity index (χ4v) is 2.42. The van der Waals surface area contributed by atoms with Crippen molar-refractivity contribution in [1.29, 1.82) is 0 Å². The normalized spacial score (nSPS) is 16.2. The van der Waals surface area contributed by atoms with Crippen molar-refractivity contribution in [2.75, 3.05) is 18.4 Å². The van der Waals surface area contributed by atoms with Crippen LogP contribution < -0.4 is 5.32 Å². The van der Waals surface area contributed by atoms with Crippen molar-refractivity contribution in [2.45, 2.75) is 32.7 Å². The Bertz CT molecular complexity index is 476. The molecule has 0 atom stereocenters. The third-order valence-corrected chi connectivity index (χ3v) is 3.51. The zero-order chi connectivity index (χ0) is 13.8. The Balaban J connectivity index is 2.00. The number of carbonyl (C=O) groups excluding carboxylic acids is 1. The first-order valence-corrected chi connectivity index (χ1v) is 6.71. The van der Waals surface area contributed by atoms with Crippen LogP contribution in [-0.2, 0) is 4.79 Å². The Morgan fingerprint density at radius 1 is 1.42 bits per heavy atom. The predicted molar refractivity (Wildman–Crippen MR) is 77.8 cm³/mol. The molecule has 19 heavy (non-hydrogen) atoms. The highest BCUT2D eigenvalue weighted by Gasteiger charge is 2.21. The Labute approximate surface area is 114 Å². The zero-order valence-corrected chi connectivity index (χ0v) is 11.6. The van der Waals surface area contributed by atoms with E-state index in [1.165, 1.54) is 0 Å². The third kappa shape index (κ3) is 3.34. The number of likely N-dealkylation sites (tertiary alicyclic amines) is 1. The van der Waals surface area contributed by atoms with E-state index in [1.807, 2.05) is 24.0 Å². The first-order chi connectivity index (χ1) is 9.08. The monoisotopic (exact) mass is 259 g/mol. The number of hydrogen-bond donors (Lipinski definition) is 1. The molecule has 1 amide bonds. The second-order valence-corrected chi connectivity index (χ2v) is 5.10. The van der Waals surface area contributed by atoms with Gasteiger partial charge in [0.15, 0.2) is 0 Å². The highest BCUT2D eigenvalue weighted by atomic mass is 16.2. The minimum absolute atomic E-state index is 0.169. The Hall–Kier alpha value is -1.84. The first-order valence-electron chi connectivity index (χ1n) is 6.71. The number of nitrogens with one attached hydrogen (secondary N) is 1. The molecule has 0 bridgehead atoms. The number of allylic oxidation sites excluding steroid dienone is 1. The van der Waals surface area contributed by atoms with Gasteiger partial charge in [0.1, 0.15) is 0 Å². The smallest absolute Gasteiger partial charge is 0.219 e. The van der Waals surface area contributed by atoms with Gasteiger partial charge in [-0.3, -0.25) is 9.78 Å². The lowest BCUT2D eigenvalue weighted by Crippen LogP contribution is -2.41. The number of aromatic nitrogens is 1. The van der Waals surface area contributed by atoms with E-state index in [0.29, 0.717) is 6.04 Å². The van der Waals surface area contributed by atoms with Crippen molar-refractivity contribution < 1.29 is 4.79 Å². The molecule has 4 nitrogen and oxygen atoms in total. The molecule has 1 N–H and O–H groups in total. The molecule has 0 aromatic carbocycles. The summed E-state index contributed by atoms with van der Waals surface area (Å²) in [5, 5.41) is 3.53. The first kappa shape index (κ1) is 13.6. The van der Waals surface area contributed by atoms with E-state index in [1.54, 1.807) is 13.1 Å². The fourth-order valence-electron chi connectivity index (χ4n) is 2.42. The topological polar surface area (TPSA) is 45.2 Å². The number of nitrogens with zero attached hydrogens (tertiary/aromatic N) is 2. The fraction of sp³-hybridized carbons (Fsp3) is 0.467. The molecule has 2 heterocycles. The number of rotatable bonds is 3. The Morgan fingerprint density at radius 3 is 2.68 bits per heavy atom. The van der Waals surface area contributed by atoms with Crippen molar-refractivity contribution in [3.63, 3.8) is 0 Å². The van der Waals surface area contributed by atoms with Crippen LogP contribution in [0.2, 0.25) is 0 Å². The van der Waals surface area contributed by atoms with Gasteiger partial charge in [-0.2, -0.15) is 0 Å². The summed E-state index contributed by atoms with van der Waals surface area (Å²) in [7, 11) is 0. The average molecular weight is 259 g/mol. The molecule has 0 unspecified atom stereocenters. The van der Waals surface area contributed by atoms with Crippen LogP contribution in [0.4, 0.5) is 5.69 Å². The second-order valence-electron chi connectivity index (χ2n) is 5.10. The number of amides is 1. The number of pyridine rings is 1. The number of carbonyl (C=O) groups is 1.